The quantitative estimate of drug-likeness (QED) is 0.675. The first-order chi connectivity index (χ1) is 12.7. The molecule has 0 bridgehead atoms. The van der Waals surface area contributed by atoms with Crippen molar-refractivity contribution in [1.82, 2.24) is 15.5 Å². The minimum atomic E-state index is -0.310. The zero-order valence-electron chi connectivity index (χ0n) is 15.4. The van der Waals surface area contributed by atoms with Crippen LogP contribution in [0.3, 0.4) is 0 Å². The van der Waals surface area contributed by atoms with Gasteiger partial charge in [-0.25, -0.2) is 4.39 Å². The fourth-order valence-corrected chi connectivity index (χ4v) is 3.11. The van der Waals surface area contributed by atoms with Crippen molar-refractivity contribution in [3.63, 3.8) is 0 Å². The predicted molar refractivity (Wildman–Crippen MR) is 107 cm³/mol. The van der Waals surface area contributed by atoms with E-state index in [1.165, 1.54) is 6.07 Å². The largest absolute Gasteiger partial charge is 0.461 e. The zero-order chi connectivity index (χ0) is 18.2. The summed E-state index contributed by atoms with van der Waals surface area (Å²) in [6.07, 6.45) is 1.85. The third-order valence-corrected chi connectivity index (χ3v) is 4.58. The molecule has 5 nitrogen and oxygen atoms in total. The number of furan rings is 1. The predicted octanol–water partition coefficient (Wildman–Crippen LogP) is 2.85. The Morgan fingerprint density at radius 3 is 2.74 bits per heavy atom. The van der Waals surface area contributed by atoms with E-state index in [-0.39, 0.29) is 24.1 Å². The first kappa shape index (κ1) is 21.4. The monoisotopic (exact) mass is 395 g/mol. The molecule has 0 unspecified atom stereocenters. The first-order valence-electron chi connectivity index (χ1n) is 9.26. The molecule has 0 aliphatic carbocycles. The van der Waals surface area contributed by atoms with Gasteiger partial charge in [0.05, 0.1) is 5.56 Å². The van der Waals surface area contributed by atoms with Crippen LogP contribution in [0, 0.1) is 5.82 Å². The lowest BCUT2D eigenvalue weighted by molar-refractivity contribution is -0.121. The zero-order valence-corrected chi connectivity index (χ0v) is 16.2. The molecule has 1 aliphatic heterocycles. The fraction of sp³-hybridized carbons (Fsp3) is 0.450. The van der Waals surface area contributed by atoms with Crippen LogP contribution in [0.15, 0.2) is 40.8 Å². The van der Waals surface area contributed by atoms with Gasteiger partial charge >= 0.3 is 0 Å². The summed E-state index contributed by atoms with van der Waals surface area (Å²) in [5.74, 6) is 0.901. The average Bonchev–Trinajstić information content (AvgIpc) is 3.13. The standard InChI is InChI=1S/C20H26FN3O2.ClH/c21-18-5-2-1-4-17(18)19-8-6-16(26-19)7-9-20(25)23-10-3-13-24-14-11-22-12-15-24;/h1-2,4-6,8,22H,3,7,9-15H2,(H,23,25);1H. The number of amides is 1. The number of carbonyl (C=O) groups excluding carboxylic acids is 1. The maximum absolute atomic E-state index is 13.8. The van der Waals surface area contributed by atoms with Gasteiger partial charge in [-0.1, -0.05) is 12.1 Å². The van der Waals surface area contributed by atoms with Crippen LogP contribution in [0.1, 0.15) is 18.6 Å². The summed E-state index contributed by atoms with van der Waals surface area (Å²) in [6.45, 7) is 5.97. The minimum Gasteiger partial charge on any atom is -0.461 e. The minimum absolute atomic E-state index is 0. The van der Waals surface area contributed by atoms with Crippen molar-refractivity contribution in [2.75, 3.05) is 39.3 Å². The van der Waals surface area contributed by atoms with Gasteiger partial charge in [-0.05, 0) is 37.2 Å². The van der Waals surface area contributed by atoms with Crippen LogP contribution < -0.4 is 10.6 Å². The molecule has 2 aromatic rings. The van der Waals surface area contributed by atoms with Crippen molar-refractivity contribution in [1.29, 1.82) is 0 Å². The Morgan fingerprint density at radius 2 is 1.96 bits per heavy atom. The summed E-state index contributed by atoms with van der Waals surface area (Å²) in [5, 5.41) is 6.29. The highest BCUT2D eigenvalue weighted by Gasteiger charge is 2.11. The molecule has 0 spiro atoms. The van der Waals surface area contributed by atoms with Crippen molar-refractivity contribution in [2.45, 2.75) is 19.3 Å². The number of benzene rings is 1. The van der Waals surface area contributed by atoms with Crippen LogP contribution >= 0.6 is 12.4 Å². The molecule has 0 radical (unpaired) electrons. The molecular formula is C20H27ClFN3O2. The van der Waals surface area contributed by atoms with Crippen LogP contribution in [0.5, 0.6) is 0 Å². The average molecular weight is 396 g/mol. The van der Waals surface area contributed by atoms with E-state index in [9.17, 15) is 9.18 Å². The van der Waals surface area contributed by atoms with Crippen molar-refractivity contribution in [3.8, 4) is 11.3 Å². The number of carbonyl (C=O) groups is 1. The maximum atomic E-state index is 13.8. The van der Waals surface area contributed by atoms with E-state index < -0.39 is 0 Å². The number of halogens is 2. The summed E-state index contributed by atoms with van der Waals surface area (Å²) in [5.41, 5.74) is 0.441. The lowest BCUT2D eigenvalue weighted by Crippen LogP contribution is -2.44. The highest BCUT2D eigenvalue weighted by atomic mass is 35.5. The Labute approximate surface area is 165 Å². The van der Waals surface area contributed by atoms with E-state index in [0.29, 0.717) is 36.5 Å². The molecular weight excluding hydrogens is 369 g/mol. The number of nitrogens with zero attached hydrogens (tertiary/aromatic N) is 1. The van der Waals surface area contributed by atoms with E-state index in [0.717, 1.165) is 39.1 Å². The SMILES string of the molecule is Cl.O=C(CCc1ccc(-c2ccccc2F)o1)NCCCN1CCNCC1. The molecule has 3 rings (SSSR count). The Balaban J connectivity index is 0.00000261. The van der Waals surface area contributed by atoms with Crippen molar-refractivity contribution in [3.05, 3.63) is 48.0 Å². The summed E-state index contributed by atoms with van der Waals surface area (Å²) in [4.78, 5) is 14.4. The highest BCUT2D eigenvalue weighted by molar-refractivity contribution is 5.85. The van der Waals surface area contributed by atoms with Gasteiger partial charge in [0.1, 0.15) is 17.3 Å². The molecule has 7 heteroatoms. The molecule has 2 N–H and O–H groups in total. The second-order valence-electron chi connectivity index (χ2n) is 6.54. The van der Waals surface area contributed by atoms with Crippen molar-refractivity contribution < 1.29 is 13.6 Å². The van der Waals surface area contributed by atoms with Crippen molar-refractivity contribution >= 4 is 18.3 Å². The molecule has 0 saturated carbocycles. The Morgan fingerprint density at radius 1 is 1.19 bits per heavy atom. The molecule has 1 amide bonds. The summed E-state index contributed by atoms with van der Waals surface area (Å²) < 4.78 is 19.4. The molecule has 1 saturated heterocycles. The van der Waals surface area contributed by atoms with E-state index in [1.54, 1.807) is 30.3 Å². The summed E-state index contributed by atoms with van der Waals surface area (Å²) in [6, 6.07) is 10.1. The van der Waals surface area contributed by atoms with Gasteiger partial charge in [-0.15, -0.1) is 12.4 Å². The number of rotatable bonds is 8. The molecule has 1 aromatic heterocycles. The molecule has 1 fully saturated rings. The Hall–Kier alpha value is -1.89. The van der Waals surface area contributed by atoms with Gasteiger partial charge in [-0.3, -0.25) is 4.79 Å². The molecule has 2 heterocycles. The second-order valence-corrected chi connectivity index (χ2v) is 6.54. The topological polar surface area (TPSA) is 57.5 Å². The van der Waals surface area contributed by atoms with Gasteiger partial charge in [0, 0.05) is 45.6 Å². The number of hydrogen-bond acceptors (Lipinski definition) is 4. The number of aryl methyl sites for hydroxylation is 1. The highest BCUT2D eigenvalue weighted by Crippen LogP contribution is 2.25. The summed E-state index contributed by atoms with van der Waals surface area (Å²) in [7, 11) is 0. The van der Waals surface area contributed by atoms with Gasteiger partial charge < -0.3 is 20.0 Å². The third kappa shape index (κ3) is 6.65. The van der Waals surface area contributed by atoms with E-state index in [4.69, 9.17) is 4.42 Å². The van der Waals surface area contributed by atoms with E-state index >= 15 is 0 Å². The number of nitrogens with one attached hydrogen (secondary N) is 2. The maximum Gasteiger partial charge on any atom is 0.220 e. The van der Waals surface area contributed by atoms with Crippen LogP contribution in [-0.2, 0) is 11.2 Å². The Kier molecular flexibility index (Phi) is 8.78. The first-order valence-corrected chi connectivity index (χ1v) is 9.26. The Bertz CT molecular complexity index is 717. The van der Waals surface area contributed by atoms with Crippen LogP contribution in [0.2, 0.25) is 0 Å². The van der Waals surface area contributed by atoms with E-state index in [2.05, 4.69) is 15.5 Å². The smallest absolute Gasteiger partial charge is 0.220 e. The normalized spacial score (nSPS) is 14.6. The second kappa shape index (κ2) is 11.1. The molecule has 1 aliphatic rings. The molecule has 1 aromatic carbocycles. The fourth-order valence-electron chi connectivity index (χ4n) is 3.11. The lowest BCUT2D eigenvalue weighted by Gasteiger charge is -2.27. The molecule has 0 atom stereocenters. The number of piperazine rings is 1. The number of hydrogen-bond donors (Lipinski definition) is 2. The lowest BCUT2D eigenvalue weighted by atomic mass is 10.1. The van der Waals surface area contributed by atoms with Gasteiger partial charge in [-0.2, -0.15) is 0 Å². The molecule has 148 valence electrons. The van der Waals surface area contributed by atoms with Gasteiger partial charge in [0.2, 0.25) is 5.91 Å². The summed E-state index contributed by atoms with van der Waals surface area (Å²) >= 11 is 0. The van der Waals surface area contributed by atoms with Crippen molar-refractivity contribution in [2.24, 2.45) is 0 Å². The van der Waals surface area contributed by atoms with E-state index in [1.807, 2.05) is 0 Å². The third-order valence-electron chi connectivity index (χ3n) is 4.58. The van der Waals surface area contributed by atoms with Crippen LogP contribution in [-0.4, -0.2) is 50.1 Å². The van der Waals surface area contributed by atoms with Gasteiger partial charge in [0.15, 0.2) is 0 Å². The van der Waals surface area contributed by atoms with Crippen LogP contribution in [0.25, 0.3) is 11.3 Å². The van der Waals surface area contributed by atoms with Gasteiger partial charge in [0.25, 0.3) is 0 Å². The molecule has 27 heavy (non-hydrogen) atoms. The van der Waals surface area contributed by atoms with Crippen LogP contribution in [0.4, 0.5) is 4.39 Å².